The fraction of sp³-hybridized carbons (Fsp3) is 0.346. The fourth-order valence-electron chi connectivity index (χ4n) is 4.61. The maximum Gasteiger partial charge on any atom is 0.433 e. The summed E-state index contributed by atoms with van der Waals surface area (Å²) in [6, 6.07) is 6.30. The van der Waals surface area contributed by atoms with Gasteiger partial charge < -0.3 is 20.7 Å². The second-order valence-corrected chi connectivity index (χ2v) is 10.6. The molecule has 13 heteroatoms. The van der Waals surface area contributed by atoms with Crippen LogP contribution in [0.15, 0.2) is 49.1 Å². The van der Waals surface area contributed by atoms with Gasteiger partial charge in [-0.2, -0.15) is 13.2 Å². The third kappa shape index (κ3) is 6.25. The van der Waals surface area contributed by atoms with E-state index in [0.717, 1.165) is 28.3 Å². The van der Waals surface area contributed by atoms with Crippen molar-refractivity contribution in [2.24, 2.45) is 5.92 Å². The van der Waals surface area contributed by atoms with E-state index in [9.17, 15) is 23.1 Å². The van der Waals surface area contributed by atoms with Crippen LogP contribution < -0.4 is 10.6 Å². The minimum Gasteiger partial charge on any atom is -0.383 e. The average Bonchev–Trinajstić information content (AvgIpc) is 3.60. The van der Waals surface area contributed by atoms with Crippen molar-refractivity contribution >= 4 is 28.9 Å². The number of aryl methyl sites for hydroxylation is 1. The summed E-state index contributed by atoms with van der Waals surface area (Å²) in [6.07, 6.45) is 3.38. The van der Waals surface area contributed by atoms with Crippen LogP contribution in [0, 0.1) is 12.8 Å². The molecule has 0 atom stereocenters. The number of aromatic nitrogens is 5. The molecule has 0 aliphatic heterocycles. The second-order valence-electron chi connectivity index (χ2n) is 9.57. The summed E-state index contributed by atoms with van der Waals surface area (Å²) in [6.45, 7) is 2.20. The third-order valence-corrected chi connectivity index (χ3v) is 7.88. The van der Waals surface area contributed by atoms with Gasteiger partial charge in [0.05, 0.1) is 11.4 Å². The minimum absolute atomic E-state index is 0.0576. The standard InChI is InChI=1S/C26H26F3N7O2S/c1-15-10-17(12-18(11-15)35-24-32-7-4-20(36-24)26(27,28)29)19-13-34-23(39-19)25(38)5-2-16(3-6-25)22(37)33-14-21-30-8-9-31-21/h4,7-13,16,38H,2-3,5-6,14H2,1H3,(H,30,31)(H,33,37)(H,32,35,36). The zero-order chi connectivity index (χ0) is 27.6. The van der Waals surface area contributed by atoms with Crippen molar-refractivity contribution < 1.29 is 23.1 Å². The molecule has 1 aliphatic carbocycles. The first-order valence-electron chi connectivity index (χ1n) is 12.3. The van der Waals surface area contributed by atoms with Gasteiger partial charge in [-0.15, -0.1) is 11.3 Å². The monoisotopic (exact) mass is 557 g/mol. The Morgan fingerprint density at radius 1 is 1.18 bits per heavy atom. The Hall–Kier alpha value is -3.84. The number of carbonyl (C=O) groups excluding carboxylic acids is 1. The highest BCUT2D eigenvalue weighted by Crippen LogP contribution is 2.43. The molecule has 0 unspecified atom stereocenters. The van der Waals surface area contributed by atoms with Crippen molar-refractivity contribution in [3.05, 3.63) is 71.1 Å². The smallest absolute Gasteiger partial charge is 0.383 e. The Morgan fingerprint density at radius 3 is 2.69 bits per heavy atom. The van der Waals surface area contributed by atoms with E-state index in [1.54, 1.807) is 30.7 Å². The normalized spacial score (nSPS) is 19.6. The van der Waals surface area contributed by atoms with Crippen molar-refractivity contribution in [1.82, 2.24) is 30.2 Å². The van der Waals surface area contributed by atoms with E-state index in [2.05, 4.69) is 35.6 Å². The molecule has 1 amide bonds. The van der Waals surface area contributed by atoms with Crippen LogP contribution in [0.2, 0.25) is 0 Å². The first kappa shape index (κ1) is 26.8. The molecular weight excluding hydrogens is 531 g/mol. The van der Waals surface area contributed by atoms with Crippen LogP contribution in [-0.4, -0.2) is 35.9 Å². The Labute approximate surface area is 226 Å². The molecule has 1 aromatic carbocycles. The lowest BCUT2D eigenvalue weighted by Crippen LogP contribution is -2.38. The van der Waals surface area contributed by atoms with Crippen LogP contribution in [0.4, 0.5) is 24.8 Å². The molecule has 204 valence electrons. The highest BCUT2D eigenvalue weighted by molar-refractivity contribution is 7.15. The van der Waals surface area contributed by atoms with Gasteiger partial charge in [-0.05, 0) is 61.9 Å². The fourth-order valence-corrected chi connectivity index (χ4v) is 5.66. The van der Waals surface area contributed by atoms with Gasteiger partial charge in [0.25, 0.3) is 0 Å². The number of carbonyl (C=O) groups is 1. The number of nitrogens with zero attached hydrogens (tertiary/aromatic N) is 4. The lowest BCUT2D eigenvalue weighted by molar-refractivity contribution is -0.141. The molecule has 3 aromatic heterocycles. The summed E-state index contributed by atoms with van der Waals surface area (Å²) in [4.78, 5) is 32.4. The molecular formula is C26H26F3N7O2S. The van der Waals surface area contributed by atoms with Crippen molar-refractivity contribution in [2.45, 2.75) is 50.9 Å². The third-order valence-electron chi connectivity index (χ3n) is 6.64. The number of hydrogen-bond donors (Lipinski definition) is 4. The summed E-state index contributed by atoms with van der Waals surface area (Å²) >= 11 is 1.36. The number of aromatic amines is 1. The van der Waals surface area contributed by atoms with Crippen LogP contribution in [0.3, 0.4) is 0 Å². The zero-order valence-corrected chi connectivity index (χ0v) is 21.7. The number of H-pyrrole nitrogens is 1. The van der Waals surface area contributed by atoms with Gasteiger partial charge >= 0.3 is 6.18 Å². The van der Waals surface area contributed by atoms with Gasteiger partial charge in [0.2, 0.25) is 11.9 Å². The Balaban J connectivity index is 1.25. The number of hydrogen-bond acceptors (Lipinski definition) is 8. The molecule has 4 aromatic rings. The molecule has 0 saturated heterocycles. The van der Waals surface area contributed by atoms with Crippen molar-refractivity contribution in [1.29, 1.82) is 0 Å². The minimum atomic E-state index is -4.57. The van der Waals surface area contributed by atoms with Gasteiger partial charge in [-0.1, -0.05) is 6.07 Å². The molecule has 1 fully saturated rings. The number of imidazole rings is 1. The maximum atomic E-state index is 13.0. The summed E-state index contributed by atoms with van der Waals surface area (Å²) in [5.41, 5.74) is 0.0360. The number of anilines is 2. The number of thiazole rings is 1. The highest BCUT2D eigenvalue weighted by atomic mass is 32.1. The predicted molar refractivity (Wildman–Crippen MR) is 139 cm³/mol. The van der Waals surface area contributed by atoms with E-state index in [1.165, 1.54) is 11.3 Å². The lowest BCUT2D eigenvalue weighted by Gasteiger charge is -2.33. The number of nitrogens with one attached hydrogen (secondary N) is 3. The number of benzene rings is 1. The molecule has 1 aliphatic rings. The number of halogens is 3. The molecule has 5 rings (SSSR count). The van der Waals surface area contributed by atoms with Crippen LogP contribution in [0.5, 0.6) is 0 Å². The van der Waals surface area contributed by atoms with E-state index in [-0.39, 0.29) is 17.8 Å². The number of amides is 1. The number of aliphatic hydroxyl groups is 1. The summed E-state index contributed by atoms with van der Waals surface area (Å²) in [5, 5.41) is 17.7. The predicted octanol–water partition coefficient (Wildman–Crippen LogP) is 5.09. The molecule has 0 bridgehead atoms. The molecule has 0 radical (unpaired) electrons. The van der Waals surface area contributed by atoms with E-state index in [4.69, 9.17) is 0 Å². The van der Waals surface area contributed by atoms with Crippen molar-refractivity contribution in [2.75, 3.05) is 5.32 Å². The SMILES string of the molecule is Cc1cc(Nc2nccc(C(F)(F)F)n2)cc(-c2cnc(C3(O)CCC(C(=O)NCc4ncc[nH]4)CC3)s2)c1. The molecule has 3 heterocycles. The van der Waals surface area contributed by atoms with Crippen LogP contribution in [-0.2, 0) is 23.1 Å². The quantitative estimate of drug-likeness (QED) is 0.249. The Morgan fingerprint density at radius 2 is 1.97 bits per heavy atom. The topological polar surface area (TPSA) is 129 Å². The van der Waals surface area contributed by atoms with Gasteiger partial charge in [-0.25, -0.2) is 19.9 Å². The zero-order valence-electron chi connectivity index (χ0n) is 20.9. The van der Waals surface area contributed by atoms with Crippen molar-refractivity contribution in [3.63, 3.8) is 0 Å². The van der Waals surface area contributed by atoms with E-state index in [0.29, 0.717) is 48.7 Å². The molecule has 9 nitrogen and oxygen atoms in total. The molecule has 39 heavy (non-hydrogen) atoms. The summed E-state index contributed by atoms with van der Waals surface area (Å²) in [5.74, 6) is 0.273. The highest BCUT2D eigenvalue weighted by Gasteiger charge is 2.39. The average molecular weight is 558 g/mol. The van der Waals surface area contributed by atoms with Gasteiger partial charge in [-0.3, -0.25) is 4.79 Å². The summed E-state index contributed by atoms with van der Waals surface area (Å²) < 4.78 is 39.1. The van der Waals surface area contributed by atoms with Crippen LogP contribution in [0.1, 0.15) is 47.8 Å². The molecule has 4 N–H and O–H groups in total. The van der Waals surface area contributed by atoms with Gasteiger partial charge in [0.15, 0.2) is 0 Å². The Kier molecular flexibility index (Phi) is 7.36. The number of alkyl halides is 3. The summed E-state index contributed by atoms with van der Waals surface area (Å²) in [7, 11) is 0. The van der Waals surface area contributed by atoms with Crippen LogP contribution >= 0.6 is 11.3 Å². The van der Waals surface area contributed by atoms with E-state index < -0.39 is 17.5 Å². The van der Waals surface area contributed by atoms with E-state index >= 15 is 0 Å². The largest absolute Gasteiger partial charge is 0.433 e. The molecule has 0 spiro atoms. The van der Waals surface area contributed by atoms with Crippen LogP contribution in [0.25, 0.3) is 10.4 Å². The second kappa shape index (κ2) is 10.7. The Bertz CT molecular complexity index is 1450. The van der Waals surface area contributed by atoms with Gasteiger partial charge in [0, 0.05) is 36.4 Å². The lowest BCUT2D eigenvalue weighted by atomic mass is 9.78. The van der Waals surface area contributed by atoms with Gasteiger partial charge in [0.1, 0.15) is 22.1 Å². The maximum absolute atomic E-state index is 13.0. The van der Waals surface area contributed by atoms with Crippen molar-refractivity contribution in [3.8, 4) is 10.4 Å². The number of rotatable bonds is 7. The van der Waals surface area contributed by atoms with E-state index in [1.807, 2.05) is 13.0 Å². The molecule has 1 saturated carbocycles. The first-order chi connectivity index (χ1) is 18.6. The first-order valence-corrected chi connectivity index (χ1v) is 13.1.